The lowest BCUT2D eigenvalue weighted by Gasteiger charge is -2.28. The second kappa shape index (κ2) is 7.81. The van der Waals surface area contributed by atoms with Gasteiger partial charge in [0.05, 0.1) is 6.54 Å². The number of hydrogen-bond donors (Lipinski definition) is 2. The Hall–Kier alpha value is -2.57. The highest BCUT2D eigenvalue weighted by Gasteiger charge is 2.27. The van der Waals surface area contributed by atoms with Gasteiger partial charge in [-0.2, -0.15) is 4.98 Å². The van der Waals surface area contributed by atoms with Gasteiger partial charge in [0, 0.05) is 51.8 Å². The van der Waals surface area contributed by atoms with Crippen molar-refractivity contribution in [2.75, 3.05) is 37.7 Å². The number of piperazine rings is 1. The molecule has 0 aromatic carbocycles. The van der Waals surface area contributed by atoms with Crippen LogP contribution in [0, 0.1) is 17.3 Å². The summed E-state index contributed by atoms with van der Waals surface area (Å²) in [7, 11) is 1.47. The van der Waals surface area contributed by atoms with Crippen molar-refractivity contribution < 1.29 is 5.11 Å². The number of aliphatic hydroxyl groups is 1. The third kappa shape index (κ3) is 3.57. The summed E-state index contributed by atoms with van der Waals surface area (Å²) in [6.07, 6.45) is 0. The van der Waals surface area contributed by atoms with Crippen molar-refractivity contribution in [3.8, 4) is 11.8 Å². The molecule has 0 bridgehead atoms. The Morgan fingerprint density at radius 1 is 1.21 bits per heavy atom. The van der Waals surface area contributed by atoms with E-state index in [0.717, 1.165) is 30.7 Å². The largest absolute Gasteiger partial charge is 0.396 e. The lowest BCUT2D eigenvalue weighted by atomic mass is 9.95. The fraction of sp³-hybridized carbons (Fsp3) is 0.632. The molecule has 0 amide bonds. The van der Waals surface area contributed by atoms with E-state index >= 15 is 0 Å². The minimum absolute atomic E-state index is 0.0869. The Labute approximate surface area is 163 Å². The van der Waals surface area contributed by atoms with E-state index < -0.39 is 11.1 Å². The van der Waals surface area contributed by atoms with Gasteiger partial charge in [0.2, 0.25) is 5.95 Å². The first-order valence-electron chi connectivity index (χ1n) is 9.47. The molecule has 1 aliphatic heterocycles. The zero-order valence-corrected chi connectivity index (χ0v) is 16.9. The van der Waals surface area contributed by atoms with Crippen LogP contribution < -0.4 is 21.5 Å². The highest BCUT2D eigenvalue weighted by Crippen LogP contribution is 2.23. The van der Waals surface area contributed by atoms with Gasteiger partial charge in [0.25, 0.3) is 5.56 Å². The Bertz CT molecular complexity index is 1040. The van der Waals surface area contributed by atoms with Gasteiger partial charge < -0.3 is 15.3 Å². The number of fused-ring (bicyclic) bond motifs is 1. The highest BCUT2D eigenvalue weighted by molar-refractivity contribution is 5.75. The molecule has 0 radical (unpaired) electrons. The van der Waals surface area contributed by atoms with Crippen LogP contribution in [0.5, 0.6) is 0 Å². The molecule has 28 heavy (non-hydrogen) atoms. The van der Waals surface area contributed by atoms with Gasteiger partial charge in [-0.3, -0.25) is 18.5 Å². The van der Waals surface area contributed by atoms with Crippen LogP contribution in [0.2, 0.25) is 0 Å². The first-order chi connectivity index (χ1) is 13.3. The van der Waals surface area contributed by atoms with Crippen molar-refractivity contribution in [1.82, 2.24) is 24.0 Å². The van der Waals surface area contributed by atoms with E-state index in [1.165, 1.54) is 11.6 Å². The second-order valence-electron chi connectivity index (χ2n) is 7.89. The minimum Gasteiger partial charge on any atom is -0.396 e. The smallest absolute Gasteiger partial charge is 0.332 e. The number of imidazole rings is 1. The summed E-state index contributed by atoms with van der Waals surface area (Å²) in [5, 5.41) is 13.0. The van der Waals surface area contributed by atoms with Crippen LogP contribution in [-0.2, 0) is 20.1 Å². The predicted octanol–water partition coefficient (Wildman–Crippen LogP) is -0.652. The van der Waals surface area contributed by atoms with Gasteiger partial charge in [0.15, 0.2) is 11.2 Å². The highest BCUT2D eigenvalue weighted by atomic mass is 16.3. The fourth-order valence-corrected chi connectivity index (χ4v) is 3.38. The van der Waals surface area contributed by atoms with Crippen molar-refractivity contribution in [3.63, 3.8) is 0 Å². The normalized spacial score (nSPS) is 15.0. The molecule has 9 heteroatoms. The molecule has 0 spiro atoms. The standard InChI is InChI=1S/C19H28N6O3/c1-5-6-9-24-14-15(21-17(24)23-10-7-20-8-11-23)25(12-19(2,3)13-26)18(28)22(4)16(14)27/h20,26H,7-13H2,1-4H3. The molecular weight excluding hydrogens is 360 g/mol. The van der Waals surface area contributed by atoms with Crippen molar-refractivity contribution >= 4 is 17.1 Å². The lowest BCUT2D eigenvalue weighted by molar-refractivity contribution is 0.140. The average molecular weight is 388 g/mol. The van der Waals surface area contributed by atoms with Crippen LogP contribution in [0.15, 0.2) is 9.59 Å². The van der Waals surface area contributed by atoms with Crippen molar-refractivity contribution in [2.24, 2.45) is 12.5 Å². The molecule has 3 rings (SSSR count). The van der Waals surface area contributed by atoms with E-state index in [1.807, 2.05) is 13.8 Å². The number of nitrogens with zero attached hydrogens (tertiary/aromatic N) is 5. The molecule has 3 heterocycles. The molecule has 1 fully saturated rings. The van der Waals surface area contributed by atoms with Crippen LogP contribution in [-0.4, -0.2) is 56.6 Å². The Morgan fingerprint density at radius 3 is 2.50 bits per heavy atom. The number of aliphatic hydroxyl groups excluding tert-OH is 1. The van der Waals surface area contributed by atoms with E-state index in [9.17, 15) is 14.7 Å². The molecule has 0 atom stereocenters. The van der Waals surface area contributed by atoms with E-state index in [-0.39, 0.29) is 18.7 Å². The lowest BCUT2D eigenvalue weighted by Crippen LogP contribution is -2.44. The number of nitrogens with one attached hydrogen (secondary N) is 1. The zero-order chi connectivity index (χ0) is 20.5. The van der Waals surface area contributed by atoms with Crippen LogP contribution in [0.4, 0.5) is 5.95 Å². The van der Waals surface area contributed by atoms with Crippen LogP contribution in [0.1, 0.15) is 20.8 Å². The van der Waals surface area contributed by atoms with Crippen LogP contribution in [0.3, 0.4) is 0 Å². The third-order valence-electron chi connectivity index (χ3n) is 5.04. The Morgan fingerprint density at radius 2 is 1.89 bits per heavy atom. The van der Waals surface area contributed by atoms with Crippen LogP contribution in [0.25, 0.3) is 11.2 Å². The number of hydrogen-bond acceptors (Lipinski definition) is 6. The van der Waals surface area contributed by atoms with Gasteiger partial charge in [-0.1, -0.05) is 19.8 Å². The summed E-state index contributed by atoms with van der Waals surface area (Å²) in [6.45, 7) is 9.15. The number of rotatable bonds is 5. The molecule has 152 valence electrons. The maximum Gasteiger partial charge on any atom is 0.332 e. The molecule has 0 saturated carbocycles. The summed E-state index contributed by atoms with van der Waals surface area (Å²) in [4.78, 5) is 32.7. The van der Waals surface area contributed by atoms with Gasteiger partial charge >= 0.3 is 5.69 Å². The predicted molar refractivity (Wildman–Crippen MR) is 109 cm³/mol. The van der Waals surface area contributed by atoms with Crippen molar-refractivity contribution in [2.45, 2.75) is 33.9 Å². The molecule has 0 aliphatic carbocycles. The van der Waals surface area contributed by atoms with E-state index in [2.05, 4.69) is 22.1 Å². The van der Waals surface area contributed by atoms with Gasteiger partial charge in [-0.25, -0.2) is 4.79 Å². The summed E-state index contributed by atoms with van der Waals surface area (Å²) in [6, 6.07) is 0. The number of anilines is 1. The summed E-state index contributed by atoms with van der Waals surface area (Å²) in [5.41, 5.74) is -0.633. The van der Waals surface area contributed by atoms with Gasteiger partial charge in [-0.05, 0) is 6.92 Å². The molecular formula is C19H28N6O3. The summed E-state index contributed by atoms with van der Waals surface area (Å²) in [5.74, 6) is 6.54. The minimum atomic E-state index is -0.531. The van der Waals surface area contributed by atoms with Crippen LogP contribution >= 0.6 is 0 Å². The Kier molecular flexibility index (Phi) is 5.63. The van der Waals surface area contributed by atoms with E-state index in [4.69, 9.17) is 4.98 Å². The molecule has 2 aromatic heterocycles. The molecule has 2 N–H and O–H groups in total. The maximum absolute atomic E-state index is 13.0. The zero-order valence-electron chi connectivity index (χ0n) is 16.9. The summed E-state index contributed by atoms with van der Waals surface area (Å²) >= 11 is 0. The van der Waals surface area contributed by atoms with Gasteiger partial charge in [-0.15, -0.1) is 5.92 Å². The maximum atomic E-state index is 13.0. The first kappa shape index (κ1) is 20.2. The molecule has 1 aliphatic rings. The molecule has 9 nitrogen and oxygen atoms in total. The fourth-order valence-electron chi connectivity index (χ4n) is 3.38. The van der Waals surface area contributed by atoms with Crippen molar-refractivity contribution in [1.29, 1.82) is 0 Å². The van der Waals surface area contributed by atoms with Gasteiger partial charge in [0.1, 0.15) is 0 Å². The number of aromatic nitrogens is 4. The third-order valence-corrected chi connectivity index (χ3v) is 5.04. The quantitative estimate of drug-likeness (QED) is 0.661. The molecule has 0 unspecified atom stereocenters. The van der Waals surface area contributed by atoms with E-state index in [1.54, 1.807) is 11.5 Å². The first-order valence-corrected chi connectivity index (χ1v) is 9.47. The summed E-state index contributed by atoms with van der Waals surface area (Å²) < 4.78 is 4.41. The monoisotopic (exact) mass is 388 g/mol. The molecule has 2 aromatic rings. The SMILES string of the molecule is CC#CCn1c(N2CCNCC2)nc2c1c(=O)n(C)c(=O)n2CC(C)(C)CO. The molecule has 1 saturated heterocycles. The van der Waals surface area contributed by atoms with Crippen molar-refractivity contribution in [3.05, 3.63) is 20.8 Å². The Balaban J connectivity index is 2.32. The second-order valence-corrected chi connectivity index (χ2v) is 7.89. The van der Waals surface area contributed by atoms with E-state index in [0.29, 0.717) is 23.7 Å². The average Bonchev–Trinajstić information content (AvgIpc) is 3.08. The topological polar surface area (TPSA) is 97.3 Å².